The lowest BCUT2D eigenvalue weighted by atomic mass is 9.35. The van der Waals surface area contributed by atoms with Gasteiger partial charge in [0.1, 0.15) is 69.0 Å². The smallest absolute Gasteiger partial charge is 0.260 e. The van der Waals surface area contributed by atoms with Crippen LogP contribution in [-0.2, 0) is 16.2 Å². The third-order valence-electron chi connectivity index (χ3n) is 31.8. The summed E-state index contributed by atoms with van der Waals surface area (Å²) < 4.78 is 60.2. The molecule has 0 atom stereocenters. The van der Waals surface area contributed by atoms with Crippen molar-refractivity contribution in [2.45, 2.75) is 57.8 Å². The van der Waals surface area contributed by atoms with Crippen LogP contribution in [0.25, 0.3) is 75.9 Å². The summed E-state index contributed by atoms with van der Waals surface area (Å²) in [5, 5.41) is 1.49. The molecule has 702 valence electrons. The Balaban J connectivity index is 0.000000103. The van der Waals surface area contributed by atoms with Gasteiger partial charge in [-0.25, -0.2) is 0 Å². The van der Waals surface area contributed by atoms with Gasteiger partial charge in [0.2, 0.25) is 0 Å². The molecule has 18 heteroatoms. The largest absolute Gasteiger partial charge is 0.458 e. The highest BCUT2D eigenvalue weighted by Crippen LogP contribution is 2.62. The Morgan fingerprint density at radius 1 is 0.236 bits per heavy atom. The van der Waals surface area contributed by atoms with Crippen LogP contribution in [0.4, 0.5) is 51.2 Å². The van der Waals surface area contributed by atoms with Gasteiger partial charge in [-0.3, -0.25) is 4.79 Å². The van der Waals surface area contributed by atoms with E-state index < -0.39 is 0 Å². The van der Waals surface area contributed by atoms with E-state index in [9.17, 15) is 4.79 Å². The lowest BCUT2D eigenvalue weighted by Crippen LogP contribution is -2.57. The van der Waals surface area contributed by atoms with Gasteiger partial charge in [0.05, 0.1) is 78.0 Å². The van der Waals surface area contributed by atoms with Gasteiger partial charge in [0.25, 0.3) is 20.1 Å². The maximum Gasteiger partial charge on any atom is 0.260 e. The Labute approximate surface area is 857 Å². The van der Waals surface area contributed by atoms with E-state index in [0.717, 1.165) is 217 Å². The maximum absolute atomic E-state index is 13.9. The van der Waals surface area contributed by atoms with Gasteiger partial charge < -0.3 is 61.1 Å². The average Bonchev–Trinajstić information content (AvgIpc) is 0.689. The number of fused-ring (bicyclic) bond motifs is 26. The quantitative estimate of drug-likeness (QED) is 0.0927. The van der Waals surface area contributed by atoms with Crippen LogP contribution in [0.3, 0.4) is 0 Å². The first kappa shape index (κ1) is 85.5. The molecule has 0 aliphatic carbocycles. The zero-order valence-electron chi connectivity index (χ0n) is 81.5. The SMILES string of the molecule is CC1(C)c2ccccc2N(c2cc3c4c(c2)Oc2ccccc2B4c2ccccc2O3)c2c1ccc1c(=O)c3ccccc3sc21.CC1(C)c2ccccc2N(c2ccccc2)c2cc3c(cc21)N(c1cc2c4c(c1)Oc1ccccc1B4c1ccccc1O2)c1ccccc1C3(C)C.c1ccc(-n2c3ccccc3oc3c4oc5ccccc5n(-c5cc6c7c(c5)Oc5ccccc5B7c5ccccc5O6)c4ccc32)cc1. The first-order valence-electron chi connectivity index (χ1n) is 50.5. The van der Waals surface area contributed by atoms with E-state index in [4.69, 9.17) is 37.3 Å². The molecular weight excluding hydrogens is 1840 g/mol. The molecule has 0 N–H and O–H groups in total. The summed E-state index contributed by atoms with van der Waals surface area (Å²) in [7, 11) is 0. The molecule has 32 rings (SSSR count). The third-order valence-corrected chi connectivity index (χ3v) is 33.0. The monoisotopic (exact) mass is 1930 g/mol. The number of hydrogen-bond donors (Lipinski definition) is 0. The predicted octanol–water partition coefficient (Wildman–Crippen LogP) is 27.8. The molecule has 9 aliphatic heterocycles. The van der Waals surface area contributed by atoms with E-state index in [1.54, 1.807) is 11.3 Å². The van der Waals surface area contributed by atoms with Crippen LogP contribution < -0.4 is 97.7 Å². The van der Waals surface area contributed by atoms with Gasteiger partial charge in [-0.15, -0.1) is 11.3 Å². The summed E-state index contributed by atoms with van der Waals surface area (Å²) in [6, 6.07) is 148. The molecule has 0 bridgehead atoms. The van der Waals surface area contributed by atoms with Crippen molar-refractivity contribution in [2.75, 3.05) is 14.7 Å². The third kappa shape index (κ3) is 12.6. The molecular formula is C130H88B3N5O9S. The normalized spacial score (nSPS) is 14.6. The number of anilines is 9. The second kappa shape index (κ2) is 32.2. The van der Waals surface area contributed by atoms with Gasteiger partial charge in [-0.1, -0.05) is 284 Å². The molecule has 12 heterocycles. The van der Waals surface area contributed by atoms with Crippen LogP contribution in [0.15, 0.2) is 438 Å². The van der Waals surface area contributed by atoms with Crippen LogP contribution in [0, 0.1) is 0 Å². The number of rotatable bonds is 5. The molecule has 0 saturated carbocycles. The van der Waals surface area contributed by atoms with Gasteiger partial charge in [0, 0.05) is 95.9 Å². The molecule has 0 spiro atoms. The summed E-state index contributed by atoms with van der Waals surface area (Å²) >= 11 is 1.68. The van der Waals surface area contributed by atoms with Crippen molar-refractivity contribution in [3.8, 4) is 80.4 Å². The first-order chi connectivity index (χ1) is 72.6. The molecule has 20 aromatic carbocycles. The molecule has 0 amide bonds. The molecule has 0 unspecified atom stereocenters. The number of para-hydroxylation sites is 15. The fourth-order valence-electron chi connectivity index (χ4n) is 25.0. The molecule has 9 aliphatic rings. The summed E-state index contributed by atoms with van der Waals surface area (Å²) in [6.07, 6.45) is 0. The first-order valence-corrected chi connectivity index (χ1v) is 51.3. The number of ether oxygens (including phenoxy) is 6. The van der Waals surface area contributed by atoms with E-state index >= 15 is 0 Å². The lowest BCUT2D eigenvalue weighted by molar-refractivity contribution is 0.463. The van der Waals surface area contributed by atoms with Crippen molar-refractivity contribution in [1.82, 2.24) is 9.13 Å². The Morgan fingerprint density at radius 3 is 0.973 bits per heavy atom. The highest BCUT2D eigenvalue weighted by Gasteiger charge is 2.49. The Morgan fingerprint density at radius 2 is 0.554 bits per heavy atom. The van der Waals surface area contributed by atoms with Gasteiger partial charge >= 0.3 is 0 Å². The van der Waals surface area contributed by atoms with E-state index in [1.165, 1.54) is 50.4 Å². The Hall–Kier alpha value is -18.1. The van der Waals surface area contributed by atoms with Crippen LogP contribution in [-0.4, -0.2) is 29.3 Å². The minimum Gasteiger partial charge on any atom is -0.458 e. The summed E-state index contributed by atoms with van der Waals surface area (Å²) in [5.74, 6) is 9.98. The minimum absolute atomic E-state index is 0.00247. The zero-order chi connectivity index (χ0) is 98.4. The summed E-state index contributed by atoms with van der Waals surface area (Å²) in [4.78, 5) is 21.2. The number of nitrogens with zero attached hydrogens (tertiary/aromatic N) is 5. The second-order valence-corrected chi connectivity index (χ2v) is 42.1. The molecule has 14 nitrogen and oxygen atoms in total. The zero-order valence-corrected chi connectivity index (χ0v) is 82.3. The Bertz CT molecular complexity index is 9590. The van der Waals surface area contributed by atoms with Crippen molar-refractivity contribution in [2.24, 2.45) is 0 Å². The number of aromatic nitrogens is 2. The highest BCUT2D eigenvalue weighted by molar-refractivity contribution is 7.25. The van der Waals surface area contributed by atoms with Gasteiger partial charge in [-0.05, 0) is 212 Å². The fourth-order valence-corrected chi connectivity index (χ4v) is 26.2. The molecule has 3 aromatic heterocycles. The van der Waals surface area contributed by atoms with Gasteiger partial charge in [0.15, 0.2) is 27.8 Å². The predicted molar refractivity (Wildman–Crippen MR) is 603 cm³/mol. The molecule has 23 aromatic rings. The average molecular weight is 1930 g/mol. The van der Waals surface area contributed by atoms with Crippen LogP contribution >= 0.6 is 11.3 Å². The Kier molecular flexibility index (Phi) is 18.6. The van der Waals surface area contributed by atoms with Crippen molar-refractivity contribution < 1.29 is 37.3 Å². The van der Waals surface area contributed by atoms with E-state index in [0.29, 0.717) is 11.2 Å². The van der Waals surface area contributed by atoms with Crippen molar-refractivity contribution in [1.29, 1.82) is 0 Å². The summed E-state index contributed by atoms with van der Waals surface area (Å²) in [6.45, 7) is 14.1. The fraction of sp³-hybridized carbons (Fsp3) is 0.0692. The molecule has 0 radical (unpaired) electrons. The maximum atomic E-state index is 13.9. The van der Waals surface area contributed by atoms with Crippen molar-refractivity contribution >= 4 is 196 Å². The lowest BCUT2D eigenvalue weighted by Gasteiger charge is -2.47. The highest BCUT2D eigenvalue weighted by atomic mass is 32.1. The van der Waals surface area contributed by atoms with Crippen LogP contribution in [0.1, 0.15) is 74.9 Å². The molecule has 0 fully saturated rings. The van der Waals surface area contributed by atoms with Crippen LogP contribution in [0.2, 0.25) is 0 Å². The number of hydrogen-bond acceptors (Lipinski definition) is 13. The van der Waals surface area contributed by atoms with Crippen molar-refractivity contribution in [3.05, 3.63) is 468 Å². The van der Waals surface area contributed by atoms with E-state index in [2.05, 4.69) is 357 Å². The van der Waals surface area contributed by atoms with Crippen LogP contribution in [0.5, 0.6) is 69.0 Å². The summed E-state index contributed by atoms with van der Waals surface area (Å²) in [5.41, 5.74) is 35.1. The standard InChI is InChI=1S/C48H37BN2O2.C42H25BN2O4.C40H26BNO3S/c1-47(2)32-18-8-12-22-38(32)50(30-16-6-5-7-17-30)40-28-35-41(29-34(40)47)51(39-23-13-9-19-33(39)48(35,3)4)31-26-44-46-45(27-31)53-43-25-15-11-21-37(43)49(46)36-20-10-14-24-42(36)52-44;1-2-12-26(13-3-1)44-30-16-6-10-20-36(30)48-41-32(44)22-23-33-42(41)49-37-21-11-7-17-31(37)45(33)27-24-38-40-39(25-27)47-35-19-9-5-15-29(35)43(40)28-14-4-8-18-34(28)46-38;1-40(2)26-12-4-7-15-30(26)42(37-27(40)20-19-25-38(43)24-11-3-10-18-35(24)46-39(25)37)23-21-33-36-34(22-23)45-32-17-9-6-14-29(32)41(36)28-13-5-8-16-31(28)44-33/h5-29H,1-4H3;1-25H;3-22H,1-2H3. The van der Waals surface area contributed by atoms with E-state index in [1.807, 2.05) is 133 Å². The molecule has 0 saturated heterocycles. The number of benzene rings is 20. The topological polar surface area (TPSA) is 118 Å². The minimum atomic E-state index is -0.295. The second-order valence-electron chi connectivity index (χ2n) is 41.0. The van der Waals surface area contributed by atoms with Crippen molar-refractivity contribution in [3.63, 3.8) is 0 Å². The van der Waals surface area contributed by atoms with E-state index in [-0.39, 0.29) is 41.8 Å². The molecule has 148 heavy (non-hydrogen) atoms. The van der Waals surface area contributed by atoms with Gasteiger partial charge in [-0.2, -0.15) is 0 Å².